The number of benzene rings is 1. The van der Waals surface area contributed by atoms with Crippen molar-refractivity contribution in [1.29, 1.82) is 0 Å². The molecule has 2 aromatic rings. The van der Waals surface area contributed by atoms with Gasteiger partial charge in [-0.1, -0.05) is 6.07 Å². The molecule has 0 aliphatic heterocycles. The van der Waals surface area contributed by atoms with Crippen LogP contribution < -0.4 is 16.6 Å². The maximum atomic E-state index is 11.0. The number of hydroxylamine groups is 1. The monoisotopic (exact) mass is 207 g/mol. The highest BCUT2D eigenvalue weighted by Crippen LogP contribution is 2.08. The van der Waals surface area contributed by atoms with E-state index in [0.717, 1.165) is 5.56 Å². The van der Waals surface area contributed by atoms with Crippen LogP contribution >= 0.6 is 0 Å². The first kappa shape index (κ1) is 9.63. The zero-order valence-electron chi connectivity index (χ0n) is 7.70. The molecule has 0 aliphatic rings. The summed E-state index contributed by atoms with van der Waals surface area (Å²) in [5.74, 6) is 0. The second-order valence-corrected chi connectivity index (χ2v) is 3.12. The topological polar surface area (TPSA) is 98.0 Å². The van der Waals surface area contributed by atoms with Gasteiger partial charge in [-0.2, -0.15) is 0 Å². The van der Waals surface area contributed by atoms with Crippen molar-refractivity contribution in [1.82, 2.24) is 15.4 Å². The summed E-state index contributed by atoms with van der Waals surface area (Å²) in [5, 5.41) is 8.51. The van der Waals surface area contributed by atoms with E-state index < -0.39 is 11.1 Å². The highest BCUT2D eigenvalue weighted by Gasteiger charge is 2.00. The van der Waals surface area contributed by atoms with Gasteiger partial charge in [-0.3, -0.25) is 9.59 Å². The van der Waals surface area contributed by atoms with Crippen LogP contribution in [0.2, 0.25) is 0 Å². The zero-order chi connectivity index (χ0) is 10.8. The maximum absolute atomic E-state index is 11.0. The first-order chi connectivity index (χ1) is 7.20. The molecule has 4 N–H and O–H groups in total. The van der Waals surface area contributed by atoms with Crippen LogP contribution in [0.25, 0.3) is 11.0 Å². The lowest BCUT2D eigenvalue weighted by molar-refractivity contribution is 0.161. The summed E-state index contributed by atoms with van der Waals surface area (Å²) < 4.78 is 0. The molecule has 2 rings (SSSR count). The molecule has 1 aromatic carbocycles. The summed E-state index contributed by atoms with van der Waals surface area (Å²) in [6.45, 7) is 0.275. The van der Waals surface area contributed by atoms with Crippen LogP contribution in [-0.2, 0) is 6.54 Å². The SMILES string of the molecule is O=c1[nH]c2ccc(CNO)cc2[nH]c1=O. The van der Waals surface area contributed by atoms with Crippen LogP contribution in [0.5, 0.6) is 0 Å². The predicted molar refractivity (Wildman–Crippen MR) is 53.8 cm³/mol. The first-order valence-electron chi connectivity index (χ1n) is 4.33. The van der Waals surface area contributed by atoms with Gasteiger partial charge in [-0.05, 0) is 17.7 Å². The summed E-state index contributed by atoms with van der Waals surface area (Å²) >= 11 is 0. The first-order valence-corrected chi connectivity index (χ1v) is 4.33. The Morgan fingerprint density at radius 3 is 2.47 bits per heavy atom. The predicted octanol–water partition coefficient (Wildman–Crippen LogP) is -0.305. The van der Waals surface area contributed by atoms with E-state index in [1.54, 1.807) is 18.2 Å². The third-order valence-electron chi connectivity index (χ3n) is 2.07. The molecule has 0 aliphatic carbocycles. The molecule has 15 heavy (non-hydrogen) atoms. The fraction of sp³-hybridized carbons (Fsp3) is 0.111. The Morgan fingerprint density at radius 2 is 1.80 bits per heavy atom. The Hall–Kier alpha value is -1.92. The fourth-order valence-corrected chi connectivity index (χ4v) is 1.36. The van der Waals surface area contributed by atoms with Crippen LogP contribution in [-0.4, -0.2) is 15.2 Å². The van der Waals surface area contributed by atoms with E-state index >= 15 is 0 Å². The second kappa shape index (κ2) is 3.68. The van der Waals surface area contributed by atoms with Crippen molar-refractivity contribution >= 4 is 11.0 Å². The van der Waals surface area contributed by atoms with Gasteiger partial charge in [-0.15, -0.1) is 0 Å². The molecule has 1 aromatic heterocycles. The van der Waals surface area contributed by atoms with Crippen molar-refractivity contribution in [2.24, 2.45) is 0 Å². The number of fused-ring (bicyclic) bond motifs is 1. The lowest BCUT2D eigenvalue weighted by Crippen LogP contribution is -2.28. The normalized spacial score (nSPS) is 10.7. The number of hydrogen-bond acceptors (Lipinski definition) is 4. The molecule has 6 heteroatoms. The third-order valence-corrected chi connectivity index (χ3v) is 2.07. The van der Waals surface area contributed by atoms with E-state index in [9.17, 15) is 9.59 Å². The van der Waals surface area contributed by atoms with Crippen LogP contribution in [0.4, 0.5) is 0 Å². The highest BCUT2D eigenvalue weighted by atomic mass is 16.5. The molecule has 0 saturated heterocycles. The van der Waals surface area contributed by atoms with Crippen molar-refractivity contribution in [3.8, 4) is 0 Å². The van der Waals surface area contributed by atoms with E-state index in [0.29, 0.717) is 11.0 Å². The van der Waals surface area contributed by atoms with Crippen molar-refractivity contribution in [3.63, 3.8) is 0 Å². The molecule has 0 unspecified atom stereocenters. The fourth-order valence-electron chi connectivity index (χ4n) is 1.36. The van der Waals surface area contributed by atoms with Crippen LogP contribution in [0.1, 0.15) is 5.56 Å². The van der Waals surface area contributed by atoms with Crippen LogP contribution in [0.15, 0.2) is 27.8 Å². The molecular weight excluding hydrogens is 198 g/mol. The average Bonchev–Trinajstić information content (AvgIpc) is 2.21. The number of nitrogens with one attached hydrogen (secondary N) is 3. The Morgan fingerprint density at radius 1 is 1.13 bits per heavy atom. The molecule has 0 bridgehead atoms. The van der Waals surface area contributed by atoms with Crippen LogP contribution in [0.3, 0.4) is 0 Å². The van der Waals surface area contributed by atoms with Gasteiger partial charge in [0.1, 0.15) is 0 Å². The molecule has 0 amide bonds. The third kappa shape index (κ3) is 1.80. The standard InChI is InChI=1S/C9H9N3O3/c13-8-9(14)12-7-3-5(4-10-15)1-2-6(7)11-8/h1-3,10,15H,4H2,(H,11,13)(H,12,14). The molecule has 0 saturated carbocycles. The quantitative estimate of drug-likeness (QED) is 0.401. The second-order valence-electron chi connectivity index (χ2n) is 3.12. The van der Waals surface area contributed by atoms with Crippen molar-refractivity contribution in [2.45, 2.75) is 6.54 Å². The highest BCUT2D eigenvalue weighted by molar-refractivity contribution is 5.74. The Balaban J connectivity index is 2.66. The van der Waals surface area contributed by atoms with Crippen LogP contribution in [0, 0.1) is 0 Å². The van der Waals surface area contributed by atoms with Crippen molar-refractivity contribution < 1.29 is 5.21 Å². The molecule has 0 radical (unpaired) electrons. The molecule has 6 nitrogen and oxygen atoms in total. The summed E-state index contributed by atoms with van der Waals surface area (Å²) in [4.78, 5) is 26.9. The molecule has 78 valence electrons. The average molecular weight is 207 g/mol. The van der Waals surface area contributed by atoms with Gasteiger partial charge in [-0.25, -0.2) is 5.48 Å². The van der Waals surface area contributed by atoms with Gasteiger partial charge in [0, 0.05) is 6.54 Å². The van der Waals surface area contributed by atoms with E-state index in [1.165, 1.54) is 0 Å². The van der Waals surface area contributed by atoms with Crippen molar-refractivity contribution in [3.05, 3.63) is 44.5 Å². The summed E-state index contributed by atoms with van der Waals surface area (Å²) in [5.41, 5.74) is 2.55. The van der Waals surface area contributed by atoms with E-state index in [2.05, 4.69) is 9.97 Å². The minimum atomic E-state index is -0.684. The van der Waals surface area contributed by atoms with Gasteiger partial charge in [0.25, 0.3) is 0 Å². The van der Waals surface area contributed by atoms with E-state index in [1.807, 2.05) is 5.48 Å². The minimum Gasteiger partial charge on any atom is -0.316 e. The van der Waals surface area contributed by atoms with E-state index in [4.69, 9.17) is 5.21 Å². The number of aromatic amines is 2. The smallest absolute Gasteiger partial charge is 0.314 e. The number of rotatable bonds is 2. The maximum Gasteiger partial charge on any atom is 0.314 e. The van der Waals surface area contributed by atoms with Gasteiger partial charge in [0.15, 0.2) is 0 Å². The Bertz CT molecular complexity index is 599. The zero-order valence-corrected chi connectivity index (χ0v) is 7.70. The van der Waals surface area contributed by atoms with Gasteiger partial charge >= 0.3 is 11.1 Å². The number of aromatic nitrogens is 2. The van der Waals surface area contributed by atoms with E-state index in [-0.39, 0.29) is 6.54 Å². The Kier molecular flexibility index (Phi) is 2.36. The van der Waals surface area contributed by atoms with Gasteiger partial charge in [0.05, 0.1) is 11.0 Å². The number of H-pyrrole nitrogens is 2. The lowest BCUT2D eigenvalue weighted by Gasteiger charge is -2.01. The Labute approximate surface area is 83.5 Å². The molecule has 0 atom stereocenters. The minimum absolute atomic E-state index is 0.275. The molecule has 1 heterocycles. The molecule has 0 spiro atoms. The lowest BCUT2D eigenvalue weighted by atomic mass is 10.2. The number of hydrogen-bond donors (Lipinski definition) is 4. The van der Waals surface area contributed by atoms with Gasteiger partial charge in [0.2, 0.25) is 0 Å². The largest absolute Gasteiger partial charge is 0.316 e. The summed E-state index contributed by atoms with van der Waals surface area (Å²) in [6.07, 6.45) is 0. The molecule has 0 fully saturated rings. The summed E-state index contributed by atoms with van der Waals surface area (Å²) in [6, 6.07) is 5.08. The van der Waals surface area contributed by atoms with Gasteiger partial charge < -0.3 is 15.2 Å². The molecular formula is C9H9N3O3. The summed E-state index contributed by atoms with van der Waals surface area (Å²) in [7, 11) is 0. The van der Waals surface area contributed by atoms with Crippen molar-refractivity contribution in [2.75, 3.05) is 0 Å².